The van der Waals surface area contributed by atoms with Crippen LogP contribution in [0.4, 0.5) is 5.13 Å². The van der Waals surface area contributed by atoms with Crippen molar-refractivity contribution in [1.29, 1.82) is 0 Å². The Kier molecular flexibility index (Phi) is 3.95. The largest absolute Gasteiger partial charge is 0.454 e. The summed E-state index contributed by atoms with van der Waals surface area (Å²) in [5.41, 5.74) is 2.28. The van der Waals surface area contributed by atoms with Gasteiger partial charge in [-0.05, 0) is 42.5 Å². The van der Waals surface area contributed by atoms with Crippen molar-refractivity contribution in [2.75, 3.05) is 12.1 Å². The quantitative estimate of drug-likeness (QED) is 0.697. The Morgan fingerprint density at radius 3 is 2.75 bits per heavy atom. The molecule has 1 aliphatic heterocycles. The number of thiazole rings is 1. The number of ether oxygens (including phenoxy) is 2. The second-order valence-corrected chi connectivity index (χ2v) is 6.84. The highest BCUT2D eigenvalue weighted by Crippen LogP contribution is 2.36. The van der Waals surface area contributed by atoms with Crippen LogP contribution in [0.3, 0.4) is 0 Å². The molecule has 0 unspecified atom stereocenters. The second-order valence-electron chi connectivity index (χ2n) is 5.07. The first kappa shape index (κ1) is 15.2. The molecule has 120 valence electrons. The first-order valence-corrected chi connectivity index (χ1v) is 8.79. The Labute approximate surface area is 150 Å². The molecule has 2 aromatic carbocycles. The summed E-state index contributed by atoms with van der Waals surface area (Å²) in [6, 6.07) is 12.8. The van der Waals surface area contributed by atoms with Crippen LogP contribution in [-0.4, -0.2) is 17.7 Å². The predicted molar refractivity (Wildman–Crippen MR) is 95.8 cm³/mol. The average Bonchev–Trinajstić information content (AvgIpc) is 3.23. The average molecular weight is 403 g/mol. The number of nitrogens with one attached hydrogen (secondary N) is 1. The van der Waals surface area contributed by atoms with Gasteiger partial charge in [0.1, 0.15) is 0 Å². The number of aromatic nitrogens is 1. The van der Waals surface area contributed by atoms with Gasteiger partial charge < -0.3 is 9.47 Å². The summed E-state index contributed by atoms with van der Waals surface area (Å²) in [7, 11) is 0. The Morgan fingerprint density at radius 1 is 1.12 bits per heavy atom. The van der Waals surface area contributed by atoms with E-state index in [1.807, 2.05) is 35.7 Å². The van der Waals surface area contributed by atoms with Gasteiger partial charge >= 0.3 is 0 Å². The maximum atomic E-state index is 12.2. The first-order chi connectivity index (χ1) is 11.7. The Hall–Kier alpha value is -2.38. The number of hydrogen-bond donors (Lipinski definition) is 1. The molecule has 0 saturated heterocycles. The number of halogens is 1. The topological polar surface area (TPSA) is 60.5 Å². The van der Waals surface area contributed by atoms with Gasteiger partial charge in [-0.25, -0.2) is 4.98 Å². The lowest BCUT2D eigenvalue weighted by atomic mass is 10.1. The van der Waals surface area contributed by atoms with Gasteiger partial charge in [0, 0.05) is 21.0 Å². The smallest absolute Gasteiger partial charge is 0.257 e. The highest BCUT2D eigenvalue weighted by molar-refractivity contribution is 9.10. The molecule has 0 atom stereocenters. The predicted octanol–water partition coefficient (Wildman–Crippen LogP) is 4.55. The van der Waals surface area contributed by atoms with Crippen LogP contribution in [0, 0.1) is 0 Å². The fourth-order valence-electron chi connectivity index (χ4n) is 2.29. The molecule has 7 heteroatoms. The second kappa shape index (κ2) is 6.26. The van der Waals surface area contributed by atoms with Crippen molar-refractivity contribution in [3.8, 4) is 22.8 Å². The Morgan fingerprint density at radius 2 is 1.92 bits per heavy atom. The summed E-state index contributed by atoms with van der Waals surface area (Å²) in [4.78, 5) is 16.7. The van der Waals surface area contributed by atoms with E-state index in [9.17, 15) is 4.79 Å². The van der Waals surface area contributed by atoms with Crippen LogP contribution in [0.5, 0.6) is 11.5 Å². The molecule has 0 aliphatic carbocycles. The number of nitrogens with zero attached hydrogens (tertiary/aromatic N) is 1. The number of benzene rings is 2. The molecule has 24 heavy (non-hydrogen) atoms. The van der Waals surface area contributed by atoms with Crippen molar-refractivity contribution >= 4 is 38.3 Å². The van der Waals surface area contributed by atoms with E-state index in [4.69, 9.17) is 9.47 Å². The van der Waals surface area contributed by atoms with Crippen molar-refractivity contribution in [2.24, 2.45) is 0 Å². The molecular formula is C17H11BrN2O3S. The van der Waals surface area contributed by atoms with Gasteiger partial charge in [-0.2, -0.15) is 0 Å². The molecule has 3 aromatic rings. The Balaban J connectivity index is 1.52. The molecule has 0 radical (unpaired) electrons. The number of fused-ring (bicyclic) bond motifs is 1. The van der Waals surface area contributed by atoms with Crippen molar-refractivity contribution in [1.82, 2.24) is 4.98 Å². The molecule has 0 saturated carbocycles. The molecule has 2 heterocycles. The van der Waals surface area contributed by atoms with Crippen LogP contribution in [-0.2, 0) is 0 Å². The molecule has 1 aromatic heterocycles. The summed E-state index contributed by atoms with van der Waals surface area (Å²) in [5, 5.41) is 5.27. The van der Waals surface area contributed by atoms with Gasteiger partial charge in [-0.15, -0.1) is 11.3 Å². The summed E-state index contributed by atoms with van der Waals surface area (Å²) in [6.45, 7) is 0.240. The third-order valence-electron chi connectivity index (χ3n) is 3.50. The Bertz CT molecular complexity index is 908. The van der Waals surface area contributed by atoms with Gasteiger partial charge in [0.15, 0.2) is 16.6 Å². The van der Waals surface area contributed by atoms with E-state index in [0.29, 0.717) is 16.4 Å². The minimum atomic E-state index is -0.186. The molecule has 0 fully saturated rings. The number of amides is 1. The van der Waals surface area contributed by atoms with Crippen molar-refractivity contribution in [3.63, 3.8) is 0 Å². The molecule has 1 amide bonds. The highest BCUT2D eigenvalue weighted by Gasteiger charge is 2.15. The van der Waals surface area contributed by atoms with Crippen LogP contribution in [0.2, 0.25) is 0 Å². The van der Waals surface area contributed by atoms with Crippen molar-refractivity contribution < 1.29 is 14.3 Å². The van der Waals surface area contributed by atoms with Crippen molar-refractivity contribution in [3.05, 3.63) is 57.9 Å². The summed E-state index contributed by atoms with van der Waals surface area (Å²) in [5.74, 6) is 1.26. The van der Waals surface area contributed by atoms with Gasteiger partial charge in [0.2, 0.25) is 6.79 Å². The van der Waals surface area contributed by atoms with Gasteiger partial charge in [-0.3, -0.25) is 10.1 Å². The minimum absolute atomic E-state index is 0.186. The normalized spacial score (nSPS) is 12.2. The summed E-state index contributed by atoms with van der Waals surface area (Å²) >= 11 is 4.73. The third kappa shape index (κ3) is 3.00. The van der Waals surface area contributed by atoms with Crippen LogP contribution >= 0.6 is 27.3 Å². The fraction of sp³-hybridized carbons (Fsp3) is 0.0588. The molecule has 5 nitrogen and oxygen atoms in total. The standard InChI is InChI=1S/C17H11BrN2O3S/c18-12-4-1-10(2-5-12)16(21)20-17-19-13(8-24-17)11-3-6-14-15(7-11)23-9-22-14/h1-8H,9H2,(H,19,20,21). The molecular weight excluding hydrogens is 392 g/mol. The maximum absolute atomic E-state index is 12.2. The molecule has 0 bridgehead atoms. The zero-order valence-corrected chi connectivity index (χ0v) is 14.7. The summed E-state index contributed by atoms with van der Waals surface area (Å²) in [6.07, 6.45) is 0. The van der Waals surface area contributed by atoms with Crippen LogP contribution in [0.25, 0.3) is 11.3 Å². The van der Waals surface area contributed by atoms with E-state index in [0.717, 1.165) is 21.5 Å². The molecule has 1 N–H and O–H groups in total. The zero-order chi connectivity index (χ0) is 16.5. The molecule has 4 rings (SSSR count). The SMILES string of the molecule is O=C(Nc1nc(-c2ccc3c(c2)OCO3)cs1)c1ccc(Br)cc1. The van der Waals surface area contributed by atoms with Gasteiger partial charge in [0.05, 0.1) is 5.69 Å². The first-order valence-electron chi connectivity index (χ1n) is 7.11. The van der Waals surface area contributed by atoms with E-state index < -0.39 is 0 Å². The number of carbonyl (C=O) groups is 1. The number of hydrogen-bond acceptors (Lipinski definition) is 5. The van der Waals surface area contributed by atoms with Gasteiger partial charge in [0.25, 0.3) is 5.91 Å². The van der Waals surface area contributed by atoms with E-state index >= 15 is 0 Å². The van der Waals surface area contributed by atoms with E-state index in [-0.39, 0.29) is 12.7 Å². The van der Waals surface area contributed by atoms with E-state index in [2.05, 4.69) is 26.2 Å². The number of rotatable bonds is 3. The van der Waals surface area contributed by atoms with E-state index in [1.165, 1.54) is 11.3 Å². The lowest BCUT2D eigenvalue weighted by molar-refractivity contribution is 0.102. The fourth-order valence-corrected chi connectivity index (χ4v) is 3.27. The lowest BCUT2D eigenvalue weighted by Gasteiger charge is -2.02. The minimum Gasteiger partial charge on any atom is -0.454 e. The monoisotopic (exact) mass is 402 g/mol. The maximum Gasteiger partial charge on any atom is 0.257 e. The number of anilines is 1. The lowest BCUT2D eigenvalue weighted by Crippen LogP contribution is -2.11. The van der Waals surface area contributed by atoms with Crippen molar-refractivity contribution in [2.45, 2.75) is 0 Å². The number of carbonyl (C=O) groups excluding carboxylic acids is 1. The summed E-state index contributed by atoms with van der Waals surface area (Å²) < 4.78 is 11.6. The molecule has 1 aliphatic rings. The third-order valence-corrected chi connectivity index (χ3v) is 4.79. The zero-order valence-electron chi connectivity index (χ0n) is 12.3. The van der Waals surface area contributed by atoms with Crippen LogP contribution < -0.4 is 14.8 Å². The van der Waals surface area contributed by atoms with Gasteiger partial charge in [-0.1, -0.05) is 15.9 Å². The van der Waals surface area contributed by atoms with Crippen LogP contribution in [0.15, 0.2) is 52.3 Å². The highest BCUT2D eigenvalue weighted by atomic mass is 79.9. The van der Waals surface area contributed by atoms with Crippen LogP contribution in [0.1, 0.15) is 10.4 Å². The molecule has 0 spiro atoms. The van der Waals surface area contributed by atoms with E-state index in [1.54, 1.807) is 12.1 Å².